The highest BCUT2D eigenvalue weighted by Crippen LogP contribution is 2.37. The highest BCUT2D eigenvalue weighted by molar-refractivity contribution is 6.31. The average Bonchev–Trinajstić information content (AvgIpc) is 3.05. The minimum Gasteiger partial charge on any atom is -0.497 e. The van der Waals surface area contributed by atoms with E-state index in [-0.39, 0.29) is 17.3 Å². The summed E-state index contributed by atoms with van der Waals surface area (Å²) in [5.74, 6) is 0.426. The third-order valence-electron chi connectivity index (χ3n) is 7.80. The summed E-state index contributed by atoms with van der Waals surface area (Å²) in [6.07, 6.45) is 0. The number of anilines is 2. The molecule has 1 saturated heterocycles. The molecule has 2 unspecified atom stereocenters. The van der Waals surface area contributed by atoms with E-state index < -0.39 is 23.9 Å². The van der Waals surface area contributed by atoms with Crippen molar-refractivity contribution in [1.29, 1.82) is 0 Å². The van der Waals surface area contributed by atoms with Gasteiger partial charge in [-0.3, -0.25) is 14.5 Å². The summed E-state index contributed by atoms with van der Waals surface area (Å²) in [7, 11) is 2.98. The number of carbonyl (C=O) groups is 2. The molecule has 2 heterocycles. The molecule has 0 saturated carbocycles. The van der Waals surface area contributed by atoms with E-state index in [0.717, 1.165) is 0 Å². The predicted molar refractivity (Wildman–Crippen MR) is 175 cm³/mol. The molecule has 12 nitrogen and oxygen atoms in total. The van der Waals surface area contributed by atoms with Gasteiger partial charge < -0.3 is 30.4 Å². The summed E-state index contributed by atoms with van der Waals surface area (Å²) < 4.78 is 26.2. The van der Waals surface area contributed by atoms with Gasteiger partial charge in [0, 0.05) is 29.9 Å². The van der Waals surface area contributed by atoms with Crippen molar-refractivity contribution >= 4 is 45.8 Å². The molecule has 242 valence electrons. The Bertz CT molecular complexity index is 1810. The number of nitrogens with two attached hydrogens (primary N) is 1. The summed E-state index contributed by atoms with van der Waals surface area (Å²) in [6.45, 7) is 4.66. The molecular weight excluding hydrogens is 617 g/mol. The van der Waals surface area contributed by atoms with Crippen LogP contribution in [0.25, 0.3) is 10.9 Å². The normalized spacial score (nSPS) is 14.5. The van der Waals surface area contributed by atoms with E-state index in [2.05, 4.69) is 5.32 Å². The highest BCUT2D eigenvalue weighted by atomic mass is 35.5. The minimum atomic E-state index is -0.887. The van der Waals surface area contributed by atoms with Gasteiger partial charge in [-0.15, -0.1) is 0 Å². The van der Waals surface area contributed by atoms with Crippen LogP contribution in [0.4, 0.5) is 20.6 Å². The lowest BCUT2D eigenvalue weighted by Crippen LogP contribution is -2.58. The molecule has 0 aliphatic carbocycles. The lowest BCUT2D eigenvalue weighted by Gasteiger charge is -2.39. The maximum absolute atomic E-state index is 14.2. The van der Waals surface area contributed by atoms with Gasteiger partial charge in [0.05, 0.1) is 56.0 Å². The molecule has 0 radical (unpaired) electrons. The fourth-order valence-corrected chi connectivity index (χ4v) is 5.59. The van der Waals surface area contributed by atoms with Crippen molar-refractivity contribution in [2.24, 2.45) is 5.73 Å². The zero-order valence-electron chi connectivity index (χ0n) is 25.9. The largest absolute Gasteiger partial charge is 0.497 e. The van der Waals surface area contributed by atoms with Crippen molar-refractivity contribution in [3.63, 3.8) is 0 Å². The summed E-state index contributed by atoms with van der Waals surface area (Å²) in [5, 5.41) is 5.34. The smallest absolute Gasteiger partial charge is 0.327 e. The maximum Gasteiger partial charge on any atom is 0.327 e. The van der Waals surface area contributed by atoms with E-state index in [9.17, 15) is 18.8 Å². The third kappa shape index (κ3) is 6.56. The molecule has 0 bridgehead atoms. The summed E-state index contributed by atoms with van der Waals surface area (Å²) >= 11 is 6.30. The van der Waals surface area contributed by atoms with Crippen molar-refractivity contribution in [3.8, 4) is 11.5 Å². The fourth-order valence-electron chi connectivity index (χ4n) is 5.43. The van der Waals surface area contributed by atoms with Crippen molar-refractivity contribution < 1.29 is 23.5 Å². The van der Waals surface area contributed by atoms with Crippen LogP contribution in [-0.4, -0.2) is 72.9 Å². The van der Waals surface area contributed by atoms with Crippen LogP contribution in [-0.2, 0) is 4.79 Å². The van der Waals surface area contributed by atoms with Crippen molar-refractivity contribution in [2.45, 2.75) is 25.9 Å². The van der Waals surface area contributed by atoms with Gasteiger partial charge in [0.2, 0.25) is 5.91 Å². The number of nitrogens with one attached hydrogen (secondary N) is 1. The van der Waals surface area contributed by atoms with Gasteiger partial charge in [0.1, 0.15) is 17.3 Å². The zero-order valence-corrected chi connectivity index (χ0v) is 26.6. The van der Waals surface area contributed by atoms with Crippen LogP contribution in [0.15, 0.2) is 65.5 Å². The molecule has 1 aliphatic heterocycles. The van der Waals surface area contributed by atoms with Crippen LogP contribution < -0.4 is 36.0 Å². The molecule has 3 N–H and O–H groups in total. The fraction of sp³-hybridized carbons (Fsp3) is 0.312. The molecule has 3 aromatic carbocycles. The number of aromatic nitrogens is 2. The van der Waals surface area contributed by atoms with Crippen molar-refractivity contribution in [3.05, 3.63) is 87.7 Å². The van der Waals surface area contributed by atoms with Crippen LogP contribution in [0.1, 0.15) is 25.7 Å². The first-order valence-corrected chi connectivity index (χ1v) is 15.0. The summed E-state index contributed by atoms with van der Waals surface area (Å²) in [5.41, 5.74) is 6.52. The van der Waals surface area contributed by atoms with E-state index in [1.807, 2.05) is 5.01 Å². The van der Waals surface area contributed by atoms with Gasteiger partial charge >= 0.3 is 6.03 Å². The number of urea groups is 1. The number of benzene rings is 3. The average molecular weight is 652 g/mol. The van der Waals surface area contributed by atoms with Gasteiger partial charge in [0.15, 0.2) is 5.82 Å². The second kappa shape index (κ2) is 13.6. The van der Waals surface area contributed by atoms with E-state index in [4.69, 9.17) is 31.8 Å². The number of amides is 3. The molecule has 1 aliphatic rings. The Balaban J connectivity index is 1.65. The second-order valence-corrected chi connectivity index (χ2v) is 11.3. The number of halogens is 2. The van der Waals surface area contributed by atoms with Crippen LogP contribution >= 0.6 is 11.6 Å². The minimum absolute atomic E-state index is 0.179. The molecule has 1 aromatic heterocycles. The number of piperazine rings is 1. The lowest BCUT2D eigenvalue weighted by molar-refractivity contribution is -0.132. The molecule has 2 atom stereocenters. The molecule has 14 heteroatoms. The molecular formula is C32H35ClFN7O5. The Hall–Kier alpha value is -4.88. The topological polar surface area (TPSA) is 135 Å². The number of ether oxygens (including phenoxy) is 2. The molecule has 1 fully saturated rings. The number of hydrogen-bond acceptors (Lipinski definition) is 8. The van der Waals surface area contributed by atoms with Gasteiger partial charge in [0.25, 0.3) is 5.56 Å². The Morgan fingerprint density at radius 3 is 2.33 bits per heavy atom. The first-order chi connectivity index (χ1) is 22.0. The number of hydrogen-bond donors (Lipinski definition) is 2. The number of rotatable bonds is 8. The van der Waals surface area contributed by atoms with E-state index in [0.29, 0.717) is 65.0 Å². The first-order valence-electron chi connectivity index (χ1n) is 14.6. The molecule has 0 spiro atoms. The van der Waals surface area contributed by atoms with Gasteiger partial charge in [-0.1, -0.05) is 11.6 Å². The van der Waals surface area contributed by atoms with Crippen LogP contribution in [0.2, 0.25) is 5.02 Å². The second-order valence-electron chi connectivity index (χ2n) is 10.8. The Morgan fingerprint density at radius 1 is 1.00 bits per heavy atom. The molecule has 4 aromatic rings. The quantitative estimate of drug-likeness (QED) is 0.290. The zero-order chi connectivity index (χ0) is 33.1. The van der Waals surface area contributed by atoms with Crippen LogP contribution in [0.3, 0.4) is 0 Å². The lowest BCUT2D eigenvalue weighted by atomic mass is 10.1. The number of methoxy groups -OCH3 is 2. The number of carbonyl (C=O) groups excluding carboxylic acids is 2. The number of nitrogens with zero attached hydrogens (tertiary/aromatic N) is 5. The van der Waals surface area contributed by atoms with Crippen LogP contribution in [0.5, 0.6) is 11.5 Å². The molecule has 3 amide bonds. The Labute approximate surface area is 270 Å². The van der Waals surface area contributed by atoms with Gasteiger partial charge in [-0.2, -0.15) is 0 Å². The van der Waals surface area contributed by atoms with Crippen LogP contribution in [0, 0.1) is 5.82 Å². The standard InChI is InChI=1S/C32H35ClFN7O5/c1-19(35)30(42)38-13-15-39(16-14-38)41-29(37-26-17-21(33)5-11-25(26)31(41)43)20(2)40(27-12-10-24(45-3)18-28(27)46-4)32(44)36-23-8-6-22(34)7-9-23/h5-12,17-20H,13-16,35H2,1-4H3,(H,36,44). The van der Waals surface area contributed by atoms with Crippen molar-refractivity contribution in [1.82, 2.24) is 14.6 Å². The number of fused-ring (bicyclic) bond motifs is 1. The van der Waals surface area contributed by atoms with Gasteiger partial charge in [-0.25, -0.2) is 18.8 Å². The molecule has 46 heavy (non-hydrogen) atoms. The van der Waals surface area contributed by atoms with E-state index in [1.54, 1.807) is 55.1 Å². The molecule has 5 rings (SSSR count). The summed E-state index contributed by atoms with van der Waals surface area (Å²) in [4.78, 5) is 48.9. The predicted octanol–water partition coefficient (Wildman–Crippen LogP) is 4.13. The summed E-state index contributed by atoms with van der Waals surface area (Å²) in [6, 6.07) is 13.0. The monoisotopic (exact) mass is 651 g/mol. The Kier molecular flexibility index (Phi) is 9.63. The maximum atomic E-state index is 14.2. The van der Waals surface area contributed by atoms with E-state index in [1.165, 1.54) is 48.1 Å². The van der Waals surface area contributed by atoms with E-state index >= 15 is 0 Å². The SMILES string of the molecule is COc1ccc(N(C(=O)Nc2ccc(F)cc2)C(C)c2nc3cc(Cl)ccc3c(=O)n2N2CCN(C(=O)C(C)N)CC2)c(OC)c1. The Morgan fingerprint density at radius 2 is 1.70 bits per heavy atom. The third-order valence-corrected chi connectivity index (χ3v) is 8.03. The van der Waals surface area contributed by atoms with Crippen molar-refractivity contribution in [2.75, 3.05) is 55.6 Å². The van der Waals surface area contributed by atoms with Gasteiger partial charge in [-0.05, 0) is 68.4 Å². The highest BCUT2D eigenvalue weighted by Gasteiger charge is 2.33. The first kappa shape index (κ1) is 32.5.